The second kappa shape index (κ2) is 6.20. The van der Waals surface area contributed by atoms with E-state index in [0.717, 1.165) is 16.6 Å². The van der Waals surface area contributed by atoms with Crippen molar-refractivity contribution >= 4 is 50.8 Å². The Kier molecular flexibility index (Phi) is 4.31. The quantitative estimate of drug-likeness (QED) is 0.565. The number of aromatic nitrogens is 1. The second-order valence-corrected chi connectivity index (χ2v) is 6.63. The van der Waals surface area contributed by atoms with Gasteiger partial charge in [0, 0.05) is 26.2 Å². The highest BCUT2D eigenvalue weighted by atomic mass is 127. The van der Waals surface area contributed by atoms with Crippen LogP contribution in [-0.2, 0) is 0 Å². The molecule has 1 N–H and O–H groups in total. The minimum atomic E-state index is 0.186. The molecule has 0 aliphatic heterocycles. The van der Waals surface area contributed by atoms with Gasteiger partial charge in [0.2, 0.25) is 0 Å². The van der Waals surface area contributed by atoms with E-state index in [1.807, 2.05) is 24.3 Å². The van der Waals surface area contributed by atoms with Crippen molar-refractivity contribution in [3.8, 4) is 0 Å². The Morgan fingerprint density at radius 3 is 2.67 bits per heavy atom. The first-order chi connectivity index (χ1) is 10.1. The lowest BCUT2D eigenvalue weighted by Gasteiger charge is -2.17. The van der Waals surface area contributed by atoms with E-state index in [-0.39, 0.29) is 6.04 Å². The maximum Gasteiger partial charge on any atom is 0.0934 e. The van der Waals surface area contributed by atoms with Crippen LogP contribution in [0.4, 0.5) is 5.69 Å². The van der Waals surface area contributed by atoms with Gasteiger partial charge in [0.25, 0.3) is 0 Å². The summed E-state index contributed by atoms with van der Waals surface area (Å²) in [7, 11) is 0. The van der Waals surface area contributed by atoms with Gasteiger partial charge >= 0.3 is 0 Å². The summed E-state index contributed by atoms with van der Waals surface area (Å²) in [6, 6.07) is 16.5. The molecule has 0 saturated carbocycles. The van der Waals surface area contributed by atoms with Crippen molar-refractivity contribution in [3.05, 3.63) is 68.9 Å². The first kappa shape index (κ1) is 14.6. The van der Waals surface area contributed by atoms with E-state index in [4.69, 9.17) is 11.6 Å². The minimum Gasteiger partial charge on any atom is -0.377 e. The normalized spacial score (nSPS) is 12.3. The van der Waals surface area contributed by atoms with E-state index in [2.05, 4.69) is 64.1 Å². The molecule has 3 aromatic rings. The zero-order valence-electron chi connectivity index (χ0n) is 11.5. The van der Waals surface area contributed by atoms with Crippen molar-refractivity contribution in [3.63, 3.8) is 0 Å². The van der Waals surface area contributed by atoms with Crippen molar-refractivity contribution in [1.29, 1.82) is 0 Å². The molecule has 0 bridgehead atoms. The maximum absolute atomic E-state index is 6.21. The molecule has 1 atom stereocenters. The summed E-state index contributed by atoms with van der Waals surface area (Å²) in [5.41, 5.74) is 3.14. The Bertz CT molecular complexity index is 771. The molecular weight excluding hydrogens is 395 g/mol. The van der Waals surface area contributed by atoms with Crippen LogP contribution in [0.5, 0.6) is 0 Å². The number of benzene rings is 2. The molecule has 3 rings (SSSR count). The highest BCUT2D eigenvalue weighted by molar-refractivity contribution is 14.1. The van der Waals surface area contributed by atoms with Gasteiger partial charge in [-0.3, -0.25) is 4.98 Å². The van der Waals surface area contributed by atoms with Crippen LogP contribution in [0.3, 0.4) is 0 Å². The molecule has 0 radical (unpaired) electrons. The molecule has 0 amide bonds. The number of fused-ring (bicyclic) bond motifs is 1. The third-order valence-electron chi connectivity index (χ3n) is 3.41. The van der Waals surface area contributed by atoms with Gasteiger partial charge in [-0.15, -0.1) is 0 Å². The summed E-state index contributed by atoms with van der Waals surface area (Å²) in [6.07, 6.45) is 1.80. The van der Waals surface area contributed by atoms with Gasteiger partial charge < -0.3 is 5.32 Å². The van der Waals surface area contributed by atoms with Crippen LogP contribution in [0.25, 0.3) is 10.9 Å². The number of rotatable bonds is 3. The summed E-state index contributed by atoms with van der Waals surface area (Å²) < 4.78 is 1.23. The standard InChI is InChI=1S/C17H14ClIN2/c1-11(12-4-6-15(19)7-5-12)21-16-10-14(18)9-13-3-2-8-20-17(13)16/h2-11,21H,1H3. The van der Waals surface area contributed by atoms with Gasteiger partial charge in [-0.2, -0.15) is 0 Å². The monoisotopic (exact) mass is 408 g/mol. The van der Waals surface area contributed by atoms with Gasteiger partial charge in [-0.25, -0.2) is 0 Å². The Morgan fingerprint density at radius 1 is 1.14 bits per heavy atom. The van der Waals surface area contributed by atoms with Crippen LogP contribution in [0.2, 0.25) is 5.02 Å². The number of nitrogens with one attached hydrogen (secondary N) is 1. The Hall–Kier alpha value is -1.33. The van der Waals surface area contributed by atoms with Crippen LogP contribution in [-0.4, -0.2) is 4.98 Å². The molecule has 106 valence electrons. The molecule has 21 heavy (non-hydrogen) atoms. The van der Waals surface area contributed by atoms with E-state index in [9.17, 15) is 0 Å². The molecule has 0 aliphatic carbocycles. The van der Waals surface area contributed by atoms with E-state index in [1.165, 1.54) is 9.13 Å². The first-order valence-electron chi connectivity index (χ1n) is 6.70. The fourth-order valence-corrected chi connectivity index (χ4v) is 2.92. The SMILES string of the molecule is CC(Nc1cc(Cl)cc2cccnc12)c1ccc(I)cc1. The Morgan fingerprint density at radius 2 is 1.90 bits per heavy atom. The van der Waals surface area contributed by atoms with Crippen molar-refractivity contribution in [2.75, 3.05) is 5.32 Å². The van der Waals surface area contributed by atoms with Gasteiger partial charge in [-0.05, 0) is 65.4 Å². The molecular formula is C17H14ClIN2. The van der Waals surface area contributed by atoms with Crippen molar-refractivity contribution in [2.24, 2.45) is 0 Å². The Balaban J connectivity index is 1.95. The number of hydrogen-bond acceptors (Lipinski definition) is 2. The molecule has 1 unspecified atom stereocenters. The van der Waals surface area contributed by atoms with E-state index < -0.39 is 0 Å². The van der Waals surface area contributed by atoms with E-state index in [0.29, 0.717) is 5.02 Å². The van der Waals surface area contributed by atoms with Gasteiger partial charge in [0.05, 0.1) is 11.2 Å². The zero-order chi connectivity index (χ0) is 14.8. The molecule has 2 nitrogen and oxygen atoms in total. The summed E-state index contributed by atoms with van der Waals surface area (Å²) >= 11 is 8.52. The van der Waals surface area contributed by atoms with Crippen molar-refractivity contribution in [2.45, 2.75) is 13.0 Å². The lowest BCUT2D eigenvalue weighted by atomic mass is 10.1. The number of halogens is 2. The average molecular weight is 409 g/mol. The summed E-state index contributed by atoms with van der Waals surface area (Å²) in [5, 5.41) is 5.27. The van der Waals surface area contributed by atoms with Gasteiger partial charge in [-0.1, -0.05) is 29.8 Å². The predicted octanol–water partition coefficient (Wildman–Crippen LogP) is 5.67. The summed E-state index contributed by atoms with van der Waals surface area (Å²) in [5.74, 6) is 0. The largest absolute Gasteiger partial charge is 0.377 e. The smallest absolute Gasteiger partial charge is 0.0934 e. The molecule has 0 aliphatic rings. The second-order valence-electron chi connectivity index (χ2n) is 4.95. The van der Waals surface area contributed by atoms with Gasteiger partial charge in [0.1, 0.15) is 0 Å². The third-order valence-corrected chi connectivity index (χ3v) is 4.35. The van der Waals surface area contributed by atoms with Crippen LogP contribution in [0.1, 0.15) is 18.5 Å². The van der Waals surface area contributed by atoms with Crippen LogP contribution >= 0.6 is 34.2 Å². The first-order valence-corrected chi connectivity index (χ1v) is 8.15. The van der Waals surface area contributed by atoms with E-state index >= 15 is 0 Å². The minimum absolute atomic E-state index is 0.186. The molecule has 4 heteroatoms. The zero-order valence-corrected chi connectivity index (χ0v) is 14.4. The molecule has 2 aromatic carbocycles. The van der Waals surface area contributed by atoms with Crippen LogP contribution in [0.15, 0.2) is 54.7 Å². The molecule has 0 spiro atoms. The summed E-state index contributed by atoms with van der Waals surface area (Å²) in [6.45, 7) is 2.14. The fourth-order valence-electron chi connectivity index (χ4n) is 2.33. The summed E-state index contributed by atoms with van der Waals surface area (Å²) in [4.78, 5) is 4.46. The number of anilines is 1. The van der Waals surface area contributed by atoms with Gasteiger partial charge in [0.15, 0.2) is 0 Å². The van der Waals surface area contributed by atoms with Crippen LogP contribution in [0, 0.1) is 3.57 Å². The number of hydrogen-bond donors (Lipinski definition) is 1. The highest BCUT2D eigenvalue weighted by Gasteiger charge is 2.09. The highest BCUT2D eigenvalue weighted by Crippen LogP contribution is 2.29. The lowest BCUT2D eigenvalue weighted by molar-refractivity contribution is 0.885. The number of pyridine rings is 1. The van der Waals surface area contributed by atoms with Crippen LogP contribution < -0.4 is 5.32 Å². The van der Waals surface area contributed by atoms with Crippen molar-refractivity contribution < 1.29 is 0 Å². The lowest BCUT2D eigenvalue weighted by Crippen LogP contribution is -2.07. The molecule has 1 heterocycles. The number of nitrogens with zero attached hydrogens (tertiary/aromatic N) is 1. The van der Waals surface area contributed by atoms with Crippen molar-refractivity contribution in [1.82, 2.24) is 4.98 Å². The topological polar surface area (TPSA) is 24.9 Å². The Labute approximate surface area is 142 Å². The predicted molar refractivity (Wildman–Crippen MR) is 97.9 cm³/mol. The molecule has 0 fully saturated rings. The molecule has 1 aromatic heterocycles. The maximum atomic E-state index is 6.21. The average Bonchev–Trinajstić information content (AvgIpc) is 2.47. The molecule has 0 saturated heterocycles. The third kappa shape index (κ3) is 3.30. The fraction of sp³-hybridized carbons (Fsp3) is 0.118. The van der Waals surface area contributed by atoms with E-state index in [1.54, 1.807) is 6.20 Å².